The smallest absolute Gasteiger partial charge is 0.237 e. The fraction of sp³-hybridized carbons (Fsp3) is 0.900. The van der Waals surface area contributed by atoms with Crippen LogP contribution in [0.25, 0.3) is 0 Å². The van der Waals surface area contributed by atoms with E-state index in [1.165, 1.54) is 19.3 Å². The Bertz CT molecular complexity index is 205. The highest BCUT2D eigenvalue weighted by atomic mass is 16.2. The van der Waals surface area contributed by atoms with Crippen molar-refractivity contribution in [1.82, 2.24) is 10.6 Å². The number of amides is 1. The second-order valence-corrected chi connectivity index (χ2v) is 4.41. The molecule has 1 amide bonds. The molecule has 0 aromatic rings. The molecule has 3 heteroatoms. The van der Waals surface area contributed by atoms with E-state index in [0.29, 0.717) is 6.04 Å². The molecule has 0 radical (unpaired) electrons. The highest BCUT2D eigenvalue weighted by Crippen LogP contribution is 2.25. The topological polar surface area (TPSA) is 41.1 Å². The zero-order valence-corrected chi connectivity index (χ0v) is 8.18. The van der Waals surface area contributed by atoms with Crippen LogP contribution in [0.2, 0.25) is 0 Å². The standard InChI is InChI=1S/C10H18N2O/c1-7-2-3-8(6-7)12-9-4-5-11-10(9)13/h7-9,12H,2-6H2,1H3,(H,11,13). The lowest BCUT2D eigenvalue weighted by atomic mass is 10.1. The van der Waals surface area contributed by atoms with Crippen molar-refractivity contribution in [2.24, 2.45) is 5.92 Å². The fourth-order valence-electron chi connectivity index (χ4n) is 2.40. The van der Waals surface area contributed by atoms with Gasteiger partial charge in [-0.05, 0) is 31.6 Å². The molecule has 3 atom stereocenters. The molecule has 1 aliphatic carbocycles. The van der Waals surface area contributed by atoms with Gasteiger partial charge < -0.3 is 10.6 Å². The van der Waals surface area contributed by atoms with Crippen LogP contribution in [0.1, 0.15) is 32.6 Å². The summed E-state index contributed by atoms with van der Waals surface area (Å²) in [7, 11) is 0. The third kappa shape index (κ3) is 2.02. The quantitative estimate of drug-likeness (QED) is 0.658. The van der Waals surface area contributed by atoms with Crippen LogP contribution < -0.4 is 10.6 Å². The van der Waals surface area contributed by atoms with Crippen LogP contribution in [0, 0.1) is 5.92 Å². The van der Waals surface area contributed by atoms with Gasteiger partial charge in [0.05, 0.1) is 6.04 Å². The maximum Gasteiger partial charge on any atom is 0.237 e. The van der Waals surface area contributed by atoms with Crippen molar-refractivity contribution in [3.8, 4) is 0 Å². The molecule has 0 bridgehead atoms. The largest absolute Gasteiger partial charge is 0.355 e. The summed E-state index contributed by atoms with van der Waals surface area (Å²) >= 11 is 0. The number of carbonyl (C=O) groups excluding carboxylic acids is 1. The predicted octanol–water partition coefficient (Wildman–Crippen LogP) is 0.653. The van der Waals surface area contributed by atoms with Crippen molar-refractivity contribution in [1.29, 1.82) is 0 Å². The van der Waals surface area contributed by atoms with E-state index in [-0.39, 0.29) is 11.9 Å². The molecule has 3 nitrogen and oxygen atoms in total. The molecule has 1 aliphatic heterocycles. The number of carbonyl (C=O) groups is 1. The van der Waals surface area contributed by atoms with Gasteiger partial charge in [-0.15, -0.1) is 0 Å². The van der Waals surface area contributed by atoms with Crippen molar-refractivity contribution in [2.75, 3.05) is 6.54 Å². The minimum absolute atomic E-state index is 0.0929. The normalized spacial score (nSPS) is 39.5. The number of hydrogen-bond acceptors (Lipinski definition) is 2. The SMILES string of the molecule is CC1CCC(NC2CCNC2=O)C1. The van der Waals surface area contributed by atoms with Crippen molar-refractivity contribution >= 4 is 5.91 Å². The van der Waals surface area contributed by atoms with E-state index in [9.17, 15) is 4.79 Å². The van der Waals surface area contributed by atoms with Crippen LogP contribution in [0.15, 0.2) is 0 Å². The molecule has 13 heavy (non-hydrogen) atoms. The van der Waals surface area contributed by atoms with Gasteiger partial charge in [0.25, 0.3) is 0 Å². The third-order valence-electron chi connectivity index (χ3n) is 3.18. The first-order valence-corrected chi connectivity index (χ1v) is 5.29. The van der Waals surface area contributed by atoms with E-state index < -0.39 is 0 Å². The zero-order chi connectivity index (χ0) is 9.26. The Morgan fingerprint density at radius 1 is 1.38 bits per heavy atom. The van der Waals surface area contributed by atoms with Crippen molar-refractivity contribution in [3.05, 3.63) is 0 Å². The summed E-state index contributed by atoms with van der Waals surface area (Å²) in [4.78, 5) is 11.3. The van der Waals surface area contributed by atoms with Crippen molar-refractivity contribution in [3.63, 3.8) is 0 Å². The van der Waals surface area contributed by atoms with Crippen LogP contribution in [-0.2, 0) is 4.79 Å². The Morgan fingerprint density at radius 3 is 2.77 bits per heavy atom. The van der Waals surface area contributed by atoms with Crippen LogP contribution in [0.5, 0.6) is 0 Å². The van der Waals surface area contributed by atoms with Gasteiger partial charge in [-0.3, -0.25) is 4.79 Å². The van der Waals surface area contributed by atoms with E-state index >= 15 is 0 Å². The molecule has 3 unspecified atom stereocenters. The Hall–Kier alpha value is -0.570. The average molecular weight is 182 g/mol. The lowest BCUT2D eigenvalue weighted by molar-refractivity contribution is -0.121. The summed E-state index contributed by atoms with van der Waals surface area (Å²) < 4.78 is 0. The molecule has 0 aromatic carbocycles. The number of hydrogen-bond donors (Lipinski definition) is 2. The third-order valence-corrected chi connectivity index (χ3v) is 3.18. The monoisotopic (exact) mass is 182 g/mol. The summed E-state index contributed by atoms with van der Waals surface area (Å²) in [6.45, 7) is 3.13. The number of rotatable bonds is 2. The molecule has 1 saturated heterocycles. The van der Waals surface area contributed by atoms with Crippen LogP contribution in [0.4, 0.5) is 0 Å². The van der Waals surface area contributed by atoms with Gasteiger partial charge in [-0.2, -0.15) is 0 Å². The van der Waals surface area contributed by atoms with Gasteiger partial charge in [-0.1, -0.05) is 6.92 Å². The highest BCUT2D eigenvalue weighted by Gasteiger charge is 2.29. The van der Waals surface area contributed by atoms with E-state index in [2.05, 4.69) is 17.6 Å². The first kappa shape index (κ1) is 9.00. The molecular weight excluding hydrogens is 164 g/mol. The minimum Gasteiger partial charge on any atom is -0.355 e. The molecular formula is C10H18N2O. The Labute approximate surface area is 79.3 Å². The Balaban J connectivity index is 1.81. The van der Waals surface area contributed by atoms with Crippen LogP contribution >= 0.6 is 0 Å². The lowest BCUT2D eigenvalue weighted by Gasteiger charge is -2.16. The van der Waals surface area contributed by atoms with Crippen molar-refractivity contribution < 1.29 is 4.79 Å². The van der Waals surface area contributed by atoms with Gasteiger partial charge in [0.15, 0.2) is 0 Å². The maximum atomic E-state index is 11.3. The van der Waals surface area contributed by atoms with Crippen LogP contribution in [-0.4, -0.2) is 24.5 Å². The second-order valence-electron chi connectivity index (χ2n) is 4.41. The van der Waals surface area contributed by atoms with E-state index in [1.807, 2.05) is 0 Å². The number of nitrogens with one attached hydrogen (secondary N) is 2. The van der Waals surface area contributed by atoms with E-state index in [4.69, 9.17) is 0 Å². The first-order chi connectivity index (χ1) is 6.25. The first-order valence-electron chi connectivity index (χ1n) is 5.29. The van der Waals surface area contributed by atoms with Gasteiger partial charge in [0.1, 0.15) is 0 Å². The molecule has 0 aromatic heterocycles. The molecule has 2 fully saturated rings. The van der Waals surface area contributed by atoms with Gasteiger partial charge in [0.2, 0.25) is 5.91 Å². The molecule has 1 heterocycles. The highest BCUT2D eigenvalue weighted by molar-refractivity contribution is 5.83. The molecule has 2 N–H and O–H groups in total. The summed E-state index contributed by atoms with van der Waals surface area (Å²) in [5.41, 5.74) is 0. The fourth-order valence-corrected chi connectivity index (χ4v) is 2.40. The zero-order valence-electron chi connectivity index (χ0n) is 8.18. The van der Waals surface area contributed by atoms with E-state index in [1.54, 1.807) is 0 Å². The molecule has 1 saturated carbocycles. The van der Waals surface area contributed by atoms with Gasteiger partial charge in [0, 0.05) is 12.6 Å². The van der Waals surface area contributed by atoms with Crippen LogP contribution in [0.3, 0.4) is 0 Å². The second kappa shape index (κ2) is 3.66. The Morgan fingerprint density at radius 2 is 2.23 bits per heavy atom. The lowest BCUT2D eigenvalue weighted by Crippen LogP contribution is -2.41. The molecule has 2 rings (SSSR count). The molecule has 74 valence electrons. The summed E-state index contributed by atoms with van der Waals surface area (Å²) in [6, 6.07) is 0.680. The van der Waals surface area contributed by atoms with Gasteiger partial charge in [-0.25, -0.2) is 0 Å². The van der Waals surface area contributed by atoms with E-state index in [0.717, 1.165) is 18.9 Å². The van der Waals surface area contributed by atoms with Gasteiger partial charge >= 0.3 is 0 Å². The maximum absolute atomic E-state index is 11.3. The molecule has 0 spiro atoms. The molecule has 2 aliphatic rings. The minimum atomic E-state index is 0.0929. The Kier molecular flexibility index (Phi) is 2.54. The summed E-state index contributed by atoms with van der Waals surface area (Å²) in [5, 5.41) is 6.30. The summed E-state index contributed by atoms with van der Waals surface area (Å²) in [6.07, 6.45) is 4.75. The predicted molar refractivity (Wildman–Crippen MR) is 51.4 cm³/mol. The summed E-state index contributed by atoms with van der Waals surface area (Å²) in [5.74, 6) is 1.03. The average Bonchev–Trinajstić information content (AvgIpc) is 2.64. The van der Waals surface area contributed by atoms with Crippen molar-refractivity contribution in [2.45, 2.75) is 44.7 Å².